The predicted molar refractivity (Wildman–Crippen MR) is 76.1 cm³/mol. The lowest BCUT2D eigenvalue weighted by molar-refractivity contribution is 0.0697. The van der Waals surface area contributed by atoms with Crippen LogP contribution in [0.25, 0.3) is 11.0 Å². The second-order valence-electron chi connectivity index (χ2n) is 5.52. The van der Waals surface area contributed by atoms with E-state index in [9.17, 15) is 9.90 Å². The van der Waals surface area contributed by atoms with Crippen molar-refractivity contribution >= 4 is 22.7 Å². The number of aromatic carboxylic acids is 1. The Morgan fingerprint density at radius 1 is 1.50 bits per heavy atom. The minimum Gasteiger partial charge on any atom is -0.478 e. The molecule has 1 fully saturated rings. The minimum absolute atomic E-state index is 0.237. The van der Waals surface area contributed by atoms with Crippen LogP contribution in [-0.4, -0.2) is 38.9 Å². The topological polar surface area (TPSA) is 71.2 Å². The summed E-state index contributed by atoms with van der Waals surface area (Å²) in [5.41, 5.74) is 1.66. The molecule has 1 saturated carbocycles. The van der Waals surface area contributed by atoms with Crippen molar-refractivity contribution in [2.75, 3.05) is 11.9 Å². The smallest absolute Gasteiger partial charge is 0.339 e. The van der Waals surface area contributed by atoms with E-state index >= 15 is 0 Å². The number of aromatic nitrogens is 3. The van der Waals surface area contributed by atoms with Gasteiger partial charge in [0.2, 0.25) is 0 Å². The van der Waals surface area contributed by atoms with Gasteiger partial charge in [-0.2, -0.15) is 5.10 Å². The van der Waals surface area contributed by atoms with Gasteiger partial charge in [-0.15, -0.1) is 0 Å². The number of rotatable bonds is 4. The van der Waals surface area contributed by atoms with E-state index in [1.54, 1.807) is 10.9 Å². The fraction of sp³-hybridized carbons (Fsp3) is 0.500. The van der Waals surface area contributed by atoms with E-state index < -0.39 is 5.97 Å². The molecule has 106 valence electrons. The molecule has 1 atom stereocenters. The molecule has 6 nitrogen and oxygen atoms in total. The van der Waals surface area contributed by atoms with E-state index in [0.717, 1.165) is 11.1 Å². The van der Waals surface area contributed by atoms with Gasteiger partial charge in [0.15, 0.2) is 5.65 Å². The molecule has 1 unspecified atom stereocenters. The average molecular weight is 274 g/mol. The fourth-order valence-corrected chi connectivity index (χ4v) is 2.72. The van der Waals surface area contributed by atoms with Gasteiger partial charge in [-0.25, -0.2) is 9.78 Å². The Morgan fingerprint density at radius 2 is 2.20 bits per heavy atom. The molecule has 2 heterocycles. The molecule has 0 bridgehead atoms. The third kappa shape index (κ3) is 1.92. The van der Waals surface area contributed by atoms with Crippen molar-refractivity contribution in [3.63, 3.8) is 0 Å². The number of carbonyl (C=O) groups is 1. The van der Waals surface area contributed by atoms with E-state index in [-0.39, 0.29) is 5.56 Å². The number of aryl methyl sites for hydroxylation is 1. The monoisotopic (exact) mass is 274 g/mol. The van der Waals surface area contributed by atoms with Crippen LogP contribution < -0.4 is 4.90 Å². The lowest BCUT2D eigenvalue weighted by Gasteiger charge is -2.28. The van der Waals surface area contributed by atoms with Crippen LogP contribution in [0.5, 0.6) is 0 Å². The summed E-state index contributed by atoms with van der Waals surface area (Å²) in [6.07, 6.45) is 5.56. The summed E-state index contributed by atoms with van der Waals surface area (Å²) >= 11 is 0. The summed E-state index contributed by atoms with van der Waals surface area (Å²) in [6.45, 7) is 2.14. The van der Waals surface area contributed by atoms with Gasteiger partial charge in [0.25, 0.3) is 0 Å². The molecule has 2 aromatic rings. The molecule has 6 heteroatoms. The SMILES string of the molecule is CC(C1CC1)N(C)c1c(C(=O)O)cnc2c1cnn2C. The normalized spacial score (nSPS) is 16.4. The lowest BCUT2D eigenvalue weighted by atomic mass is 10.1. The Hall–Kier alpha value is -2.11. The number of hydrogen-bond donors (Lipinski definition) is 1. The third-order valence-electron chi connectivity index (χ3n) is 4.23. The van der Waals surface area contributed by atoms with Gasteiger partial charge in [-0.3, -0.25) is 4.68 Å². The maximum atomic E-state index is 11.5. The zero-order valence-electron chi connectivity index (χ0n) is 11.9. The van der Waals surface area contributed by atoms with Gasteiger partial charge < -0.3 is 10.0 Å². The quantitative estimate of drug-likeness (QED) is 0.922. The van der Waals surface area contributed by atoms with Crippen LogP contribution in [0.15, 0.2) is 12.4 Å². The van der Waals surface area contributed by atoms with E-state index in [1.807, 2.05) is 14.1 Å². The minimum atomic E-state index is -0.951. The predicted octanol–water partition coefficient (Wildman–Crippen LogP) is 1.90. The highest BCUT2D eigenvalue weighted by Crippen LogP contribution is 2.38. The Labute approximate surface area is 117 Å². The Balaban J connectivity index is 2.18. The zero-order chi connectivity index (χ0) is 14.4. The van der Waals surface area contributed by atoms with Gasteiger partial charge in [-0.05, 0) is 25.7 Å². The van der Waals surface area contributed by atoms with Gasteiger partial charge >= 0.3 is 5.97 Å². The number of carboxylic acids is 1. The van der Waals surface area contributed by atoms with Gasteiger partial charge in [0, 0.05) is 26.3 Å². The summed E-state index contributed by atoms with van der Waals surface area (Å²) in [5.74, 6) is -0.297. The lowest BCUT2D eigenvalue weighted by Crippen LogP contribution is -2.32. The number of nitrogens with zero attached hydrogens (tertiary/aromatic N) is 4. The highest BCUT2D eigenvalue weighted by molar-refractivity contribution is 6.03. The summed E-state index contributed by atoms with van der Waals surface area (Å²) in [4.78, 5) is 17.8. The second-order valence-corrected chi connectivity index (χ2v) is 5.52. The Morgan fingerprint density at radius 3 is 2.80 bits per heavy atom. The largest absolute Gasteiger partial charge is 0.478 e. The second kappa shape index (κ2) is 4.47. The summed E-state index contributed by atoms with van der Waals surface area (Å²) in [5, 5.41) is 14.4. The molecule has 0 saturated heterocycles. The maximum absolute atomic E-state index is 11.5. The number of carboxylic acid groups (broad SMARTS) is 1. The highest BCUT2D eigenvalue weighted by atomic mass is 16.4. The standard InChI is InChI=1S/C14H18N4O2/c1-8(9-4-5-9)17(2)12-10-7-16-18(3)13(10)15-6-11(12)14(19)20/h6-9H,4-5H2,1-3H3,(H,19,20). The summed E-state index contributed by atoms with van der Waals surface area (Å²) in [6, 6.07) is 0.318. The van der Waals surface area contributed by atoms with Crippen LogP contribution >= 0.6 is 0 Å². The highest BCUT2D eigenvalue weighted by Gasteiger charge is 2.33. The van der Waals surface area contributed by atoms with Crippen LogP contribution in [-0.2, 0) is 7.05 Å². The van der Waals surface area contributed by atoms with Gasteiger partial charge in [0.05, 0.1) is 17.3 Å². The molecule has 0 amide bonds. The van der Waals surface area contributed by atoms with E-state index in [4.69, 9.17) is 0 Å². The van der Waals surface area contributed by atoms with Crippen molar-refractivity contribution in [1.82, 2.24) is 14.8 Å². The molecule has 3 rings (SSSR count). The molecule has 1 aliphatic carbocycles. The molecular weight excluding hydrogens is 256 g/mol. The number of pyridine rings is 1. The van der Waals surface area contributed by atoms with E-state index in [2.05, 4.69) is 21.9 Å². The molecule has 1 aliphatic rings. The first-order chi connectivity index (χ1) is 9.50. The summed E-state index contributed by atoms with van der Waals surface area (Å²) in [7, 11) is 3.76. The number of anilines is 1. The van der Waals surface area contributed by atoms with Crippen LogP contribution in [0.1, 0.15) is 30.1 Å². The molecular formula is C14H18N4O2. The number of hydrogen-bond acceptors (Lipinski definition) is 4. The van der Waals surface area contributed by atoms with Crippen LogP contribution in [0.3, 0.4) is 0 Å². The van der Waals surface area contributed by atoms with E-state index in [0.29, 0.717) is 17.6 Å². The molecule has 20 heavy (non-hydrogen) atoms. The van der Waals surface area contributed by atoms with Crippen LogP contribution in [0.4, 0.5) is 5.69 Å². The van der Waals surface area contributed by atoms with Crippen molar-refractivity contribution < 1.29 is 9.90 Å². The molecule has 2 aromatic heterocycles. The van der Waals surface area contributed by atoms with Gasteiger partial charge in [0.1, 0.15) is 5.56 Å². The molecule has 0 aliphatic heterocycles. The van der Waals surface area contributed by atoms with Crippen LogP contribution in [0.2, 0.25) is 0 Å². The van der Waals surface area contributed by atoms with E-state index in [1.165, 1.54) is 19.0 Å². The molecule has 0 aromatic carbocycles. The molecule has 0 radical (unpaired) electrons. The van der Waals surface area contributed by atoms with Crippen molar-refractivity contribution in [1.29, 1.82) is 0 Å². The van der Waals surface area contributed by atoms with Crippen molar-refractivity contribution in [3.8, 4) is 0 Å². The first kappa shape index (κ1) is 12.9. The van der Waals surface area contributed by atoms with Crippen molar-refractivity contribution in [2.45, 2.75) is 25.8 Å². The van der Waals surface area contributed by atoms with Crippen molar-refractivity contribution in [2.24, 2.45) is 13.0 Å². The third-order valence-corrected chi connectivity index (χ3v) is 4.23. The van der Waals surface area contributed by atoms with Crippen LogP contribution in [0, 0.1) is 5.92 Å². The molecule has 1 N–H and O–H groups in total. The number of fused-ring (bicyclic) bond motifs is 1. The maximum Gasteiger partial charge on any atom is 0.339 e. The fourth-order valence-electron chi connectivity index (χ4n) is 2.72. The Bertz CT molecular complexity index is 675. The first-order valence-electron chi connectivity index (χ1n) is 6.77. The average Bonchev–Trinajstić information content (AvgIpc) is 3.21. The summed E-state index contributed by atoms with van der Waals surface area (Å²) < 4.78 is 1.67. The molecule has 0 spiro atoms. The zero-order valence-corrected chi connectivity index (χ0v) is 11.9. The van der Waals surface area contributed by atoms with Crippen molar-refractivity contribution in [3.05, 3.63) is 18.0 Å². The van der Waals surface area contributed by atoms with Gasteiger partial charge in [-0.1, -0.05) is 0 Å². The first-order valence-corrected chi connectivity index (χ1v) is 6.77. The Kier molecular flexibility index (Phi) is 2.88.